The van der Waals surface area contributed by atoms with E-state index < -0.39 is 6.04 Å². The van der Waals surface area contributed by atoms with E-state index in [0.717, 1.165) is 5.56 Å². The van der Waals surface area contributed by atoms with Gasteiger partial charge in [-0.1, -0.05) is 12.1 Å². The quantitative estimate of drug-likeness (QED) is 0.721. The molecule has 24 heavy (non-hydrogen) atoms. The third-order valence-electron chi connectivity index (χ3n) is 3.54. The number of nitrogens with two attached hydrogens (primary N) is 1. The van der Waals surface area contributed by atoms with Crippen LogP contribution in [0.15, 0.2) is 42.6 Å². The van der Waals surface area contributed by atoms with E-state index in [1.54, 1.807) is 13.3 Å². The fraction of sp³-hybridized carbons (Fsp3) is 0.235. The third kappa shape index (κ3) is 3.21. The maximum absolute atomic E-state index is 6.31. The van der Waals surface area contributed by atoms with Crippen LogP contribution in [0.5, 0.6) is 11.5 Å². The Morgan fingerprint density at radius 3 is 2.79 bits per heavy atom. The number of benzene rings is 1. The monoisotopic (exact) mass is 325 g/mol. The van der Waals surface area contributed by atoms with Crippen LogP contribution < -0.4 is 15.2 Å². The number of hydrogen-bond acceptors (Lipinski definition) is 6. The van der Waals surface area contributed by atoms with Gasteiger partial charge in [-0.15, -0.1) is 0 Å². The molecular weight excluding hydrogens is 306 g/mol. The summed E-state index contributed by atoms with van der Waals surface area (Å²) in [5.74, 6) is 2.39. The molecule has 2 aromatic heterocycles. The summed E-state index contributed by atoms with van der Waals surface area (Å²) in [5, 5.41) is 7.08. The molecule has 7 nitrogen and oxygen atoms in total. The molecule has 124 valence electrons. The van der Waals surface area contributed by atoms with E-state index in [1.807, 2.05) is 43.3 Å². The number of rotatable bonds is 6. The molecule has 2 heterocycles. The molecule has 0 radical (unpaired) electrons. The molecule has 0 fully saturated rings. The molecule has 0 aliphatic rings. The standard InChI is InChI=1S/C17H19N5O2/c1-3-24-14-10-11(7-8-13(14)23-2)15(18)17-20-16(21-22-17)12-6-4-5-9-19-12/h4-10,15H,3,18H2,1-2H3,(H,20,21,22)/t15-/m0/s1. The summed E-state index contributed by atoms with van der Waals surface area (Å²) in [6.07, 6.45) is 1.70. The number of pyridine rings is 1. The summed E-state index contributed by atoms with van der Waals surface area (Å²) in [6.45, 7) is 2.46. The van der Waals surface area contributed by atoms with Gasteiger partial charge >= 0.3 is 0 Å². The van der Waals surface area contributed by atoms with E-state index in [2.05, 4.69) is 20.2 Å². The van der Waals surface area contributed by atoms with Crippen LogP contribution in [0.2, 0.25) is 0 Å². The van der Waals surface area contributed by atoms with Gasteiger partial charge in [-0.3, -0.25) is 10.1 Å². The van der Waals surface area contributed by atoms with Crippen LogP contribution in [-0.4, -0.2) is 33.9 Å². The summed E-state index contributed by atoms with van der Waals surface area (Å²) < 4.78 is 10.9. The number of ether oxygens (including phenoxy) is 2. The molecule has 0 saturated heterocycles. The van der Waals surface area contributed by atoms with Crippen molar-refractivity contribution in [3.05, 3.63) is 54.0 Å². The van der Waals surface area contributed by atoms with Gasteiger partial charge in [0.05, 0.1) is 19.8 Å². The van der Waals surface area contributed by atoms with Crippen molar-refractivity contribution in [3.63, 3.8) is 0 Å². The first-order chi connectivity index (χ1) is 11.7. The lowest BCUT2D eigenvalue weighted by Gasteiger charge is -2.14. The lowest BCUT2D eigenvalue weighted by molar-refractivity contribution is 0.310. The van der Waals surface area contributed by atoms with Crippen molar-refractivity contribution >= 4 is 0 Å². The van der Waals surface area contributed by atoms with Gasteiger partial charge in [0.1, 0.15) is 11.5 Å². The Balaban J connectivity index is 1.88. The van der Waals surface area contributed by atoms with Crippen LogP contribution in [0.25, 0.3) is 11.5 Å². The predicted octanol–water partition coefficient (Wildman–Crippen LogP) is 2.32. The summed E-state index contributed by atoms with van der Waals surface area (Å²) in [6, 6.07) is 10.7. The van der Waals surface area contributed by atoms with Crippen LogP contribution >= 0.6 is 0 Å². The van der Waals surface area contributed by atoms with Crippen LogP contribution in [0.1, 0.15) is 24.4 Å². The lowest BCUT2D eigenvalue weighted by Crippen LogP contribution is -2.14. The Morgan fingerprint density at radius 1 is 1.21 bits per heavy atom. The second-order valence-electron chi connectivity index (χ2n) is 5.08. The van der Waals surface area contributed by atoms with E-state index in [0.29, 0.717) is 35.4 Å². The number of nitrogens with one attached hydrogen (secondary N) is 1. The topological polar surface area (TPSA) is 98.9 Å². The van der Waals surface area contributed by atoms with Gasteiger partial charge in [0.25, 0.3) is 0 Å². The van der Waals surface area contributed by atoms with Gasteiger partial charge in [0, 0.05) is 6.20 Å². The summed E-state index contributed by atoms with van der Waals surface area (Å²) >= 11 is 0. The molecular formula is C17H19N5O2. The number of nitrogens with zero attached hydrogens (tertiary/aromatic N) is 3. The molecule has 7 heteroatoms. The Labute approximate surface area is 139 Å². The molecule has 0 unspecified atom stereocenters. The fourth-order valence-electron chi connectivity index (χ4n) is 2.34. The van der Waals surface area contributed by atoms with Crippen LogP contribution in [-0.2, 0) is 0 Å². The average molecular weight is 325 g/mol. The van der Waals surface area contributed by atoms with Crippen molar-refractivity contribution in [2.24, 2.45) is 5.73 Å². The molecule has 1 aromatic carbocycles. The van der Waals surface area contributed by atoms with Crippen molar-refractivity contribution in [3.8, 4) is 23.0 Å². The van der Waals surface area contributed by atoms with E-state index in [4.69, 9.17) is 15.2 Å². The highest BCUT2D eigenvalue weighted by molar-refractivity contribution is 5.49. The third-order valence-corrected chi connectivity index (χ3v) is 3.54. The van der Waals surface area contributed by atoms with E-state index in [1.165, 1.54) is 0 Å². The molecule has 0 bridgehead atoms. The summed E-state index contributed by atoms with van der Waals surface area (Å²) in [4.78, 5) is 8.68. The Hall–Kier alpha value is -2.93. The highest BCUT2D eigenvalue weighted by Gasteiger charge is 2.17. The van der Waals surface area contributed by atoms with Crippen molar-refractivity contribution in [2.75, 3.05) is 13.7 Å². The Bertz CT molecular complexity index is 804. The second-order valence-corrected chi connectivity index (χ2v) is 5.08. The van der Waals surface area contributed by atoms with Gasteiger partial charge in [-0.25, -0.2) is 4.98 Å². The number of aromatic amines is 1. The van der Waals surface area contributed by atoms with Crippen molar-refractivity contribution in [2.45, 2.75) is 13.0 Å². The van der Waals surface area contributed by atoms with Crippen LogP contribution in [0.3, 0.4) is 0 Å². The van der Waals surface area contributed by atoms with Crippen molar-refractivity contribution < 1.29 is 9.47 Å². The Kier molecular flexibility index (Phi) is 4.72. The first-order valence-corrected chi connectivity index (χ1v) is 7.63. The minimum Gasteiger partial charge on any atom is -0.493 e. The van der Waals surface area contributed by atoms with E-state index in [9.17, 15) is 0 Å². The molecule has 1 atom stereocenters. The van der Waals surface area contributed by atoms with Gasteiger partial charge < -0.3 is 15.2 Å². The first kappa shape index (κ1) is 15.9. The number of aromatic nitrogens is 4. The van der Waals surface area contributed by atoms with Crippen molar-refractivity contribution in [1.29, 1.82) is 0 Å². The summed E-state index contributed by atoms with van der Waals surface area (Å²) in [7, 11) is 1.60. The number of hydrogen-bond donors (Lipinski definition) is 2. The Morgan fingerprint density at radius 2 is 2.08 bits per heavy atom. The van der Waals surface area contributed by atoms with Crippen molar-refractivity contribution in [1.82, 2.24) is 20.2 Å². The van der Waals surface area contributed by atoms with Gasteiger partial charge in [0.2, 0.25) is 0 Å². The van der Waals surface area contributed by atoms with E-state index >= 15 is 0 Å². The largest absolute Gasteiger partial charge is 0.493 e. The average Bonchev–Trinajstić information content (AvgIpc) is 3.12. The van der Waals surface area contributed by atoms with E-state index in [-0.39, 0.29) is 0 Å². The molecule has 0 aliphatic carbocycles. The second kappa shape index (κ2) is 7.10. The minimum atomic E-state index is -0.458. The minimum absolute atomic E-state index is 0.458. The zero-order chi connectivity index (χ0) is 16.9. The molecule has 3 N–H and O–H groups in total. The molecule has 0 saturated carbocycles. The smallest absolute Gasteiger partial charge is 0.199 e. The fourth-order valence-corrected chi connectivity index (χ4v) is 2.34. The molecule has 3 aromatic rings. The van der Waals surface area contributed by atoms with Crippen LogP contribution in [0, 0.1) is 0 Å². The zero-order valence-electron chi connectivity index (χ0n) is 13.6. The normalized spacial score (nSPS) is 12.0. The molecule has 0 spiro atoms. The highest BCUT2D eigenvalue weighted by Crippen LogP contribution is 2.31. The first-order valence-electron chi connectivity index (χ1n) is 7.63. The molecule has 0 amide bonds. The zero-order valence-corrected chi connectivity index (χ0v) is 13.6. The molecule has 0 aliphatic heterocycles. The number of methoxy groups -OCH3 is 1. The lowest BCUT2D eigenvalue weighted by atomic mass is 10.1. The van der Waals surface area contributed by atoms with Crippen LogP contribution in [0.4, 0.5) is 0 Å². The SMILES string of the molecule is CCOc1cc([C@H](N)c2nc(-c3ccccn3)n[nH]2)ccc1OC. The maximum Gasteiger partial charge on any atom is 0.199 e. The molecule has 3 rings (SSSR count). The number of H-pyrrole nitrogens is 1. The predicted molar refractivity (Wildman–Crippen MR) is 89.8 cm³/mol. The van der Waals surface area contributed by atoms with Gasteiger partial charge in [-0.2, -0.15) is 5.10 Å². The maximum atomic E-state index is 6.31. The highest BCUT2D eigenvalue weighted by atomic mass is 16.5. The van der Waals surface area contributed by atoms with Gasteiger partial charge in [-0.05, 0) is 36.8 Å². The summed E-state index contributed by atoms with van der Waals surface area (Å²) in [5.41, 5.74) is 7.86. The van der Waals surface area contributed by atoms with Gasteiger partial charge in [0.15, 0.2) is 17.3 Å².